The Labute approximate surface area is 192 Å². The van der Waals surface area contributed by atoms with Gasteiger partial charge in [-0.3, -0.25) is 4.79 Å². The van der Waals surface area contributed by atoms with Gasteiger partial charge >= 0.3 is 5.97 Å². The van der Waals surface area contributed by atoms with Crippen LogP contribution in [-0.2, 0) is 21.5 Å². The number of thiazole rings is 1. The summed E-state index contributed by atoms with van der Waals surface area (Å²) < 4.78 is 13.2. The van der Waals surface area contributed by atoms with Crippen molar-refractivity contribution in [1.29, 1.82) is 5.26 Å². The highest BCUT2D eigenvalue weighted by molar-refractivity contribution is 7.80. The number of nitriles is 1. The van der Waals surface area contributed by atoms with Crippen LogP contribution in [0.2, 0.25) is 0 Å². The molecule has 6 nitrogen and oxygen atoms in total. The molecular formula is C23H27N3O3S2. The highest BCUT2D eigenvalue weighted by Gasteiger charge is 2.41. The van der Waals surface area contributed by atoms with Crippen LogP contribution in [0, 0.1) is 11.3 Å². The maximum atomic E-state index is 11.7. The molecule has 2 aromatic rings. The van der Waals surface area contributed by atoms with Gasteiger partial charge in [0.2, 0.25) is 0 Å². The molecule has 0 bridgehead atoms. The quantitative estimate of drug-likeness (QED) is 0.488. The topological polar surface area (TPSA) is 76.6 Å². The second-order valence-electron chi connectivity index (χ2n) is 8.83. The van der Waals surface area contributed by atoms with E-state index in [4.69, 9.17) is 26.7 Å². The van der Waals surface area contributed by atoms with E-state index in [0.29, 0.717) is 28.4 Å². The van der Waals surface area contributed by atoms with Crippen molar-refractivity contribution in [1.82, 2.24) is 4.57 Å². The largest absolute Gasteiger partial charge is 0.496 e. The van der Waals surface area contributed by atoms with Crippen molar-refractivity contribution in [3.05, 3.63) is 45.2 Å². The van der Waals surface area contributed by atoms with Gasteiger partial charge in [-0.1, -0.05) is 33.0 Å². The first-order valence-electron chi connectivity index (χ1n) is 10.1. The van der Waals surface area contributed by atoms with E-state index in [0.717, 1.165) is 28.9 Å². The number of ether oxygens (including phenoxy) is 2. The van der Waals surface area contributed by atoms with E-state index in [1.54, 1.807) is 36.6 Å². The third-order valence-corrected chi connectivity index (χ3v) is 7.06. The minimum atomic E-state index is -0.489. The molecule has 3 rings (SSSR count). The Bertz CT molecular complexity index is 1110. The molecule has 0 saturated heterocycles. The number of esters is 1. The van der Waals surface area contributed by atoms with Crippen molar-refractivity contribution >= 4 is 34.5 Å². The molecule has 1 aromatic heterocycles. The van der Waals surface area contributed by atoms with E-state index in [-0.39, 0.29) is 11.4 Å². The second-order valence-corrected chi connectivity index (χ2v) is 10.2. The van der Waals surface area contributed by atoms with Gasteiger partial charge in [-0.25, -0.2) is 4.99 Å². The molecule has 0 aliphatic heterocycles. The van der Waals surface area contributed by atoms with Gasteiger partial charge in [0.15, 0.2) is 4.80 Å². The predicted octanol–water partition coefficient (Wildman–Crippen LogP) is 4.49. The molecule has 1 saturated carbocycles. The lowest BCUT2D eigenvalue weighted by atomic mass is 9.80. The van der Waals surface area contributed by atoms with Gasteiger partial charge in [-0.15, -0.1) is 11.3 Å². The van der Waals surface area contributed by atoms with Crippen LogP contribution in [0.25, 0.3) is 0 Å². The summed E-state index contributed by atoms with van der Waals surface area (Å²) in [7, 11) is 1.57. The third-order valence-electron chi connectivity index (χ3n) is 5.30. The molecule has 0 unspecified atom stereocenters. The molecule has 1 aliphatic carbocycles. The SMILES string of the molecule is COc1ccc(C#N)cc1C(=S)/N=c1\sc(C(C)(C)C)cn1CC1(OC(C)=O)CCC1. The molecule has 8 heteroatoms. The Balaban J connectivity index is 2.07. The summed E-state index contributed by atoms with van der Waals surface area (Å²) in [5.41, 5.74) is 0.545. The summed E-state index contributed by atoms with van der Waals surface area (Å²) in [5.74, 6) is 0.306. The summed E-state index contributed by atoms with van der Waals surface area (Å²) in [5, 5.41) is 9.26. The molecule has 0 spiro atoms. The fourth-order valence-corrected chi connectivity index (χ4v) is 4.86. The molecule has 1 aliphatic rings. The van der Waals surface area contributed by atoms with Crippen LogP contribution in [0.4, 0.5) is 0 Å². The minimum Gasteiger partial charge on any atom is -0.496 e. The van der Waals surface area contributed by atoms with E-state index in [2.05, 4.69) is 33.0 Å². The van der Waals surface area contributed by atoms with Crippen LogP contribution in [0.1, 0.15) is 63.0 Å². The number of methoxy groups -OCH3 is 1. The molecular weight excluding hydrogens is 430 g/mol. The van der Waals surface area contributed by atoms with E-state index >= 15 is 0 Å². The molecule has 31 heavy (non-hydrogen) atoms. The van der Waals surface area contributed by atoms with Gasteiger partial charge in [0, 0.05) is 18.0 Å². The number of hydrogen-bond acceptors (Lipinski definition) is 6. The molecule has 1 heterocycles. The van der Waals surface area contributed by atoms with Crippen molar-refractivity contribution in [3.8, 4) is 11.8 Å². The number of aromatic nitrogens is 1. The number of rotatable bonds is 5. The van der Waals surface area contributed by atoms with Gasteiger partial charge in [0.25, 0.3) is 0 Å². The Kier molecular flexibility index (Phi) is 6.68. The second kappa shape index (κ2) is 8.93. The van der Waals surface area contributed by atoms with Crippen LogP contribution in [0.15, 0.2) is 29.4 Å². The first-order valence-corrected chi connectivity index (χ1v) is 11.4. The lowest BCUT2D eigenvalue weighted by Gasteiger charge is -2.40. The molecule has 0 amide bonds. The van der Waals surface area contributed by atoms with Crippen LogP contribution in [0.3, 0.4) is 0 Å². The lowest BCUT2D eigenvalue weighted by molar-refractivity contribution is -0.169. The summed E-state index contributed by atoms with van der Waals surface area (Å²) in [6, 6.07) is 7.24. The monoisotopic (exact) mass is 457 g/mol. The van der Waals surface area contributed by atoms with Gasteiger partial charge in [0.1, 0.15) is 16.3 Å². The Morgan fingerprint density at radius 3 is 2.61 bits per heavy atom. The summed E-state index contributed by atoms with van der Waals surface area (Å²) in [4.78, 5) is 18.7. The highest BCUT2D eigenvalue weighted by Crippen LogP contribution is 2.37. The van der Waals surface area contributed by atoms with Crippen LogP contribution in [-0.4, -0.2) is 28.2 Å². The lowest BCUT2D eigenvalue weighted by Crippen LogP contribution is -2.46. The molecule has 0 radical (unpaired) electrons. The summed E-state index contributed by atoms with van der Waals surface area (Å²) in [6.07, 6.45) is 4.79. The van der Waals surface area contributed by atoms with Crippen LogP contribution in [0.5, 0.6) is 5.75 Å². The molecule has 164 valence electrons. The van der Waals surface area contributed by atoms with E-state index in [1.165, 1.54) is 6.92 Å². The molecule has 1 aromatic carbocycles. The Morgan fingerprint density at radius 2 is 2.10 bits per heavy atom. The average molecular weight is 458 g/mol. The van der Waals surface area contributed by atoms with Gasteiger partial charge in [-0.05, 0) is 42.9 Å². The first-order chi connectivity index (χ1) is 14.6. The maximum absolute atomic E-state index is 11.7. The van der Waals surface area contributed by atoms with Crippen LogP contribution < -0.4 is 9.54 Å². The third kappa shape index (κ3) is 5.23. The van der Waals surface area contributed by atoms with Crippen molar-refractivity contribution in [2.75, 3.05) is 7.11 Å². The van der Waals surface area contributed by atoms with E-state index in [1.807, 2.05) is 4.57 Å². The number of hydrogen-bond donors (Lipinski definition) is 0. The molecule has 0 N–H and O–H groups in total. The zero-order chi connectivity index (χ0) is 22.8. The number of carbonyl (C=O) groups is 1. The average Bonchev–Trinajstić information content (AvgIpc) is 3.07. The zero-order valence-corrected chi connectivity index (χ0v) is 20.2. The van der Waals surface area contributed by atoms with E-state index in [9.17, 15) is 10.1 Å². The van der Waals surface area contributed by atoms with Gasteiger partial charge < -0.3 is 14.0 Å². The predicted molar refractivity (Wildman–Crippen MR) is 124 cm³/mol. The highest BCUT2D eigenvalue weighted by atomic mass is 32.1. The van der Waals surface area contributed by atoms with Crippen molar-refractivity contribution in [2.24, 2.45) is 4.99 Å². The standard InChI is InChI=1S/C23H27N3O3S2/c1-15(27)29-23(9-6-10-23)14-26-13-19(22(2,3)4)31-21(26)25-20(30)17-11-16(12-24)7-8-18(17)28-5/h7-8,11,13H,6,9-10,14H2,1-5H3/b25-21-. The van der Waals surface area contributed by atoms with Crippen molar-refractivity contribution in [2.45, 2.75) is 64.5 Å². The minimum absolute atomic E-state index is 0.0611. The van der Waals surface area contributed by atoms with E-state index < -0.39 is 5.60 Å². The number of nitrogens with zero attached hydrogens (tertiary/aromatic N) is 3. The number of carbonyl (C=O) groups excluding carboxylic acids is 1. The fourth-order valence-electron chi connectivity index (χ4n) is 3.50. The fraction of sp³-hybridized carbons (Fsp3) is 0.478. The van der Waals surface area contributed by atoms with Gasteiger partial charge in [0.05, 0.1) is 30.9 Å². The van der Waals surface area contributed by atoms with Gasteiger partial charge in [-0.2, -0.15) is 5.26 Å². The Hall–Kier alpha value is -2.50. The Morgan fingerprint density at radius 1 is 1.39 bits per heavy atom. The first kappa shape index (κ1) is 23.2. The maximum Gasteiger partial charge on any atom is 0.303 e. The van der Waals surface area contributed by atoms with Crippen molar-refractivity contribution in [3.63, 3.8) is 0 Å². The molecule has 1 fully saturated rings. The molecule has 0 atom stereocenters. The van der Waals surface area contributed by atoms with Crippen LogP contribution >= 0.6 is 23.6 Å². The number of thiocarbonyl (C=S) groups is 1. The summed E-state index contributed by atoms with van der Waals surface area (Å²) in [6.45, 7) is 8.44. The summed E-state index contributed by atoms with van der Waals surface area (Å²) >= 11 is 7.20. The normalized spacial score (nSPS) is 15.7. The smallest absolute Gasteiger partial charge is 0.303 e. The zero-order valence-electron chi connectivity index (χ0n) is 18.5. The van der Waals surface area contributed by atoms with Crippen molar-refractivity contribution < 1.29 is 14.3 Å². The number of benzene rings is 1.